The Bertz CT molecular complexity index is 300. The highest BCUT2D eigenvalue weighted by Gasteiger charge is 2.28. The van der Waals surface area contributed by atoms with Crippen molar-refractivity contribution < 1.29 is 21.6 Å². The molecule has 0 spiro atoms. The predicted octanol–water partition coefficient (Wildman–Crippen LogP) is 2.77. The van der Waals surface area contributed by atoms with Gasteiger partial charge in [-0.1, -0.05) is 22.9 Å². The summed E-state index contributed by atoms with van der Waals surface area (Å²) in [7, 11) is -3.57. The molecular weight excluding hydrogens is 323 g/mol. The number of rotatable bonds is 8. The number of nitrogens with zero attached hydrogens (tertiary/aromatic N) is 1. The van der Waals surface area contributed by atoms with Gasteiger partial charge in [0.2, 0.25) is 10.0 Å². The third kappa shape index (κ3) is 7.99. The minimum Gasteiger partial charge on any atom is -0.212 e. The Morgan fingerprint density at radius 1 is 1.24 bits per heavy atom. The first-order chi connectivity index (χ1) is 7.73. The lowest BCUT2D eigenvalue weighted by Gasteiger charge is -2.20. The SMILES string of the molecule is CCCN(CCBr)S(=O)(=O)CCCC(F)(F)F. The van der Waals surface area contributed by atoms with Crippen LogP contribution in [0.5, 0.6) is 0 Å². The van der Waals surface area contributed by atoms with E-state index in [0.717, 1.165) is 0 Å². The van der Waals surface area contributed by atoms with Gasteiger partial charge in [-0.25, -0.2) is 12.7 Å². The van der Waals surface area contributed by atoms with Crippen molar-refractivity contribution in [3.8, 4) is 0 Å². The molecule has 0 aliphatic carbocycles. The second-order valence-electron chi connectivity index (χ2n) is 3.62. The fourth-order valence-electron chi connectivity index (χ4n) is 1.32. The molecule has 0 aromatic carbocycles. The second kappa shape index (κ2) is 7.58. The van der Waals surface area contributed by atoms with E-state index in [9.17, 15) is 21.6 Å². The molecule has 0 atom stereocenters. The van der Waals surface area contributed by atoms with Crippen LogP contribution in [-0.4, -0.2) is 43.1 Å². The average Bonchev–Trinajstić information content (AvgIpc) is 2.15. The molecule has 0 aliphatic heterocycles. The molecule has 0 aliphatic rings. The van der Waals surface area contributed by atoms with Gasteiger partial charge in [0.25, 0.3) is 0 Å². The van der Waals surface area contributed by atoms with Crippen molar-refractivity contribution in [3.63, 3.8) is 0 Å². The van der Waals surface area contributed by atoms with Gasteiger partial charge < -0.3 is 0 Å². The first kappa shape index (κ1) is 17.2. The van der Waals surface area contributed by atoms with E-state index in [1.54, 1.807) is 0 Å². The largest absolute Gasteiger partial charge is 0.389 e. The summed E-state index contributed by atoms with van der Waals surface area (Å²) in [6, 6.07) is 0. The summed E-state index contributed by atoms with van der Waals surface area (Å²) in [5.41, 5.74) is 0. The van der Waals surface area contributed by atoms with Gasteiger partial charge >= 0.3 is 6.18 Å². The maximum Gasteiger partial charge on any atom is 0.389 e. The molecule has 0 saturated carbocycles. The summed E-state index contributed by atoms with van der Waals surface area (Å²) in [6.07, 6.45) is -5.08. The molecule has 3 nitrogen and oxygen atoms in total. The molecule has 0 fully saturated rings. The molecule has 0 N–H and O–H groups in total. The van der Waals surface area contributed by atoms with Gasteiger partial charge in [-0.3, -0.25) is 0 Å². The number of hydrogen-bond donors (Lipinski definition) is 0. The lowest BCUT2D eigenvalue weighted by Crippen LogP contribution is -2.35. The second-order valence-corrected chi connectivity index (χ2v) is 6.50. The van der Waals surface area contributed by atoms with E-state index >= 15 is 0 Å². The van der Waals surface area contributed by atoms with Crippen molar-refractivity contribution in [1.29, 1.82) is 0 Å². The Morgan fingerprint density at radius 3 is 2.24 bits per heavy atom. The van der Waals surface area contributed by atoms with Crippen LogP contribution in [0, 0.1) is 0 Å². The standard InChI is InChI=1S/C9H17BrF3NO2S/c1-2-6-14(7-5-10)17(15,16)8-3-4-9(11,12)13/h2-8H2,1H3. The first-order valence-corrected chi connectivity index (χ1v) is 8.06. The highest BCUT2D eigenvalue weighted by Crippen LogP contribution is 2.22. The fraction of sp³-hybridized carbons (Fsp3) is 1.00. The van der Waals surface area contributed by atoms with Crippen LogP contribution >= 0.6 is 15.9 Å². The highest BCUT2D eigenvalue weighted by molar-refractivity contribution is 9.09. The van der Waals surface area contributed by atoms with E-state index < -0.39 is 28.4 Å². The number of hydrogen-bond acceptors (Lipinski definition) is 2. The van der Waals surface area contributed by atoms with Gasteiger partial charge in [-0.05, 0) is 12.8 Å². The summed E-state index contributed by atoms with van der Waals surface area (Å²) in [4.78, 5) is 0. The molecule has 0 aromatic heterocycles. The molecule has 0 amide bonds. The molecule has 0 saturated heterocycles. The van der Waals surface area contributed by atoms with Gasteiger partial charge in [-0.2, -0.15) is 13.2 Å². The van der Waals surface area contributed by atoms with Crippen molar-refractivity contribution >= 4 is 26.0 Å². The van der Waals surface area contributed by atoms with Gasteiger partial charge in [0.1, 0.15) is 0 Å². The monoisotopic (exact) mass is 339 g/mol. The molecule has 17 heavy (non-hydrogen) atoms. The maximum atomic E-state index is 11.9. The van der Waals surface area contributed by atoms with Gasteiger partial charge in [-0.15, -0.1) is 0 Å². The highest BCUT2D eigenvalue weighted by atomic mass is 79.9. The number of sulfonamides is 1. The zero-order valence-corrected chi connectivity index (χ0v) is 12.0. The van der Waals surface area contributed by atoms with E-state index in [4.69, 9.17) is 0 Å². The van der Waals surface area contributed by atoms with E-state index in [1.165, 1.54) is 4.31 Å². The van der Waals surface area contributed by atoms with Crippen LogP contribution < -0.4 is 0 Å². The van der Waals surface area contributed by atoms with Crippen molar-refractivity contribution in [2.24, 2.45) is 0 Å². The summed E-state index contributed by atoms with van der Waals surface area (Å²) in [5, 5.41) is 0.478. The molecule has 0 rings (SSSR count). The topological polar surface area (TPSA) is 37.4 Å². The minimum atomic E-state index is -4.29. The molecule has 8 heteroatoms. The van der Waals surface area contributed by atoms with Gasteiger partial charge in [0.05, 0.1) is 5.75 Å². The number of alkyl halides is 4. The molecule has 0 radical (unpaired) electrons. The zero-order chi connectivity index (χ0) is 13.5. The minimum absolute atomic E-state index is 0.294. The van der Waals surface area contributed by atoms with Crippen LogP contribution in [0.1, 0.15) is 26.2 Å². The van der Waals surface area contributed by atoms with Crippen molar-refractivity contribution in [3.05, 3.63) is 0 Å². The molecular formula is C9H17BrF3NO2S. The van der Waals surface area contributed by atoms with Crippen LogP contribution in [0.3, 0.4) is 0 Å². The first-order valence-electron chi connectivity index (χ1n) is 5.33. The molecule has 0 bridgehead atoms. The summed E-state index contributed by atoms with van der Waals surface area (Å²) < 4.78 is 60.4. The summed E-state index contributed by atoms with van der Waals surface area (Å²) in [5.74, 6) is -0.445. The van der Waals surface area contributed by atoms with E-state index in [2.05, 4.69) is 15.9 Å². The Kier molecular flexibility index (Phi) is 7.66. The Balaban J connectivity index is 4.32. The van der Waals surface area contributed by atoms with Crippen molar-refractivity contribution in [2.75, 3.05) is 24.2 Å². The normalized spacial score (nSPS) is 13.3. The van der Waals surface area contributed by atoms with Crippen LogP contribution in [0.25, 0.3) is 0 Å². The lowest BCUT2D eigenvalue weighted by molar-refractivity contribution is -0.134. The van der Waals surface area contributed by atoms with Crippen molar-refractivity contribution in [1.82, 2.24) is 4.31 Å². The van der Waals surface area contributed by atoms with Gasteiger partial charge in [0, 0.05) is 24.8 Å². The van der Waals surface area contributed by atoms with Crippen LogP contribution in [0.4, 0.5) is 13.2 Å². The van der Waals surface area contributed by atoms with Gasteiger partial charge in [0.15, 0.2) is 0 Å². The predicted molar refractivity (Wildman–Crippen MR) is 64.7 cm³/mol. The smallest absolute Gasteiger partial charge is 0.212 e. The summed E-state index contributed by atoms with van der Waals surface area (Å²) >= 11 is 3.13. The van der Waals surface area contributed by atoms with Crippen LogP contribution in [0.15, 0.2) is 0 Å². The molecule has 0 unspecified atom stereocenters. The zero-order valence-electron chi connectivity index (χ0n) is 9.63. The van der Waals surface area contributed by atoms with Crippen LogP contribution in [-0.2, 0) is 10.0 Å². The number of halogens is 4. The Labute approximate surface area is 109 Å². The van der Waals surface area contributed by atoms with E-state index in [-0.39, 0.29) is 6.42 Å². The molecule has 0 heterocycles. The Hall–Kier alpha value is 0.180. The fourth-order valence-corrected chi connectivity index (χ4v) is 3.58. The molecule has 0 aromatic rings. The maximum absolute atomic E-state index is 11.9. The molecule has 104 valence electrons. The van der Waals surface area contributed by atoms with E-state index in [1.807, 2.05) is 6.92 Å². The summed E-state index contributed by atoms with van der Waals surface area (Å²) in [6.45, 7) is 2.47. The average molecular weight is 340 g/mol. The quantitative estimate of drug-likeness (QED) is 0.637. The third-order valence-electron chi connectivity index (χ3n) is 2.06. The lowest BCUT2D eigenvalue weighted by atomic mass is 10.3. The van der Waals surface area contributed by atoms with Crippen molar-refractivity contribution in [2.45, 2.75) is 32.4 Å². The van der Waals surface area contributed by atoms with E-state index in [0.29, 0.717) is 24.8 Å². The third-order valence-corrected chi connectivity index (χ3v) is 4.37. The Morgan fingerprint density at radius 2 is 1.82 bits per heavy atom. The van der Waals surface area contributed by atoms with Crippen LogP contribution in [0.2, 0.25) is 0 Å².